The van der Waals surface area contributed by atoms with Crippen LogP contribution in [0.3, 0.4) is 0 Å². The van der Waals surface area contributed by atoms with Crippen molar-refractivity contribution >= 4 is 40.1 Å². The molecule has 0 saturated carbocycles. The van der Waals surface area contributed by atoms with Crippen molar-refractivity contribution in [2.75, 3.05) is 31.5 Å². The third-order valence-electron chi connectivity index (χ3n) is 2.92. The van der Waals surface area contributed by atoms with Crippen molar-refractivity contribution in [1.29, 1.82) is 0 Å². The molecule has 1 aliphatic heterocycles. The van der Waals surface area contributed by atoms with Gasteiger partial charge >= 0.3 is 11.8 Å². The summed E-state index contributed by atoms with van der Waals surface area (Å²) in [7, 11) is 0. The number of carbonyl (C=O) groups excluding carboxylic acids is 2. The van der Waals surface area contributed by atoms with Crippen molar-refractivity contribution in [3.05, 3.63) is 27.8 Å². The van der Waals surface area contributed by atoms with E-state index in [1.165, 1.54) is 0 Å². The molecular weight excluding hydrogens is 357 g/mol. The first-order valence-corrected chi connectivity index (χ1v) is 7.31. The second-order valence-electron chi connectivity index (χ2n) is 4.36. The van der Waals surface area contributed by atoms with Crippen molar-refractivity contribution < 1.29 is 9.59 Å². The summed E-state index contributed by atoms with van der Waals surface area (Å²) in [5.41, 5.74) is 0.645. The number of rotatable bonds is 1. The van der Waals surface area contributed by atoms with E-state index in [4.69, 9.17) is 0 Å². The summed E-state index contributed by atoms with van der Waals surface area (Å²) in [6.45, 7) is 2.84. The first kappa shape index (κ1) is 14.3. The van der Waals surface area contributed by atoms with Crippen LogP contribution in [0.15, 0.2) is 24.3 Å². The SMILES string of the molecule is O=C(Nc1ccc(I)cc1)C(=O)N1CCCNCC1. The van der Waals surface area contributed by atoms with Gasteiger partial charge in [0.15, 0.2) is 0 Å². The topological polar surface area (TPSA) is 61.4 Å². The van der Waals surface area contributed by atoms with E-state index >= 15 is 0 Å². The lowest BCUT2D eigenvalue weighted by Crippen LogP contribution is -2.41. The molecule has 0 spiro atoms. The lowest BCUT2D eigenvalue weighted by molar-refractivity contribution is -0.143. The van der Waals surface area contributed by atoms with Crippen molar-refractivity contribution in [2.24, 2.45) is 0 Å². The van der Waals surface area contributed by atoms with Gasteiger partial charge in [0.05, 0.1) is 0 Å². The molecule has 1 aromatic rings. The maximum atomic E-state index is 12.0. The standard InChI is InChI=1S/C13H16IN3O2/c14-10-2-4-11(5-3-10)16-12(18)13(19)17-8-1-6-15-7-9-17/h2-5,15H,1,6-9H2,(H,16,18). The number of nitrogens with zero attached hydrogens (tertiary/aromatic N) is 1. The molecule has 2 amide bonds. The molecular formula is C13H16IN3O2. The third-order valence-corrected chi connectivity index (χ3v) is 3.64. The number of hydrogen-bond acceptors (Lipinski definition) is 3. The Balaban J connectivity index is 1.94. The van der Waals surface area contributed by atoms with Crippen molar-refractivity contribution in [3.63, 3.8) is 0 Å². The fourth-order valence-electron chi connectivity index (χ4n) is 1.91. The number of nitrogens with one attached hydrogen (secondary N) is 2. The average Bonchev–Trinajstić information content (AvgIpc) is 2.69. The fraction of sp³-hybridized carbons (Fsp3) is 0.385. The zero-order chi connectivity index (χ0) is 13.7. The largest absolute Gasteiger partial charge is 0.333 e. The normalized spacial score (nSPS) is 15.7. The van der Waals surface area contributed by atoms with Crippen LogP contribution in [-0.4, -0.2) is 42.9 Å². The van der Waals surface area contributed by atoms with Gasteiger partial charge in [0.2, 0.25) is 0 Å². The Morgan fingerprint density at radius 2 is 1.89 bits per heavy atom. The molecule has 0 aliphatic carbocycles. The monoisotopic (exact) mass is 373 g/mol. The Morgan fingerprint density at radius 1 is 1.16 bits per heavy atom. The Kier molecular flexibility index (Phi) is 5.15. The average molecular weight is 373 g/mol. The zero-order valence-electron chi connectivity index (χ0n) is 10.5. The Labute approximate surface area is 125 Å². The van der Waals surface area contributed by atoms with E-state index in [0.29, 0.717) is 18.8 Å². The molecule has 0 bridgehead atoms. The summed E-state index contributed by atoms with van der Waals surface area (Å²) >= 11 is 2.19. The minimum atomic E-state index is -0.567. The van der Waals surface area contributed by atoms with Crippen molar-refractivity contribution in [1.82, 2.24) is 10.2 Å². The highest BCUT2D eigenvalue weighted by molar-refractivity contribution is 14.1. The maximum absolute atomic E-state index is 12.0. The van der Waals surface area contributed by atoms with Crippen LogP contribution in [0.4, 0.5) is 5.69 Å². The number of amides is 2. The second-order valence-corrected chi connectivity index (χ2v) is 5.60. The van der Waals surface area contributed by atoms with Gasteiger partial charge in [0, 0.05) is 28.9 Å². The molecule has 102 valence electrons. The molecule has 0 radical (unpaired) electrons. The summed E-state index contributed by atoms with van der Waals surface area (Å²) in [5.74, 6) is -1.02. The smallest absolute Gasteiger partial charge is 0.313 e. The highest BCUT2D eigenvalue weighted by Crippen LogP contribution is 2.11. The zero-order valence-corrected chi connectivity index (χ0v) is 12.6. The highest BCUT2D eigenvalue weighted by atomic mass is 127. The number of carbonyl (C=O) groups is 2. The minimum absolute atomic E-state index is 0.456. The molecule has 6 heteroatoms. The summed E-state index contributed by atoms with van der Waals surface area (Å²) in [5, 5.41) is 5.83. The number of anilines is 1. The van der Waals surface area contributed by atoms with Gasteiger partial charge in [-0.2, -0.15) is 0 Å². The van der Waals surface area contributed by atoms with E-state index in [1.54, 1.807) is 17.0 Å². The molecule has 1 aliphatic rings. The molecule has 1 heterocycles. The molecule has 2 rings (SSSR count). The van der Waals surface area contributed by atoms with E-state index in [1.807, 2.05) is 12.1 Å². The van der Waals surface area contributed by atoms with Gasteiger partial charge in [-0.1, -0.05) is 0 Å². The third kappa shape index (κ3) is 4.17. The van der Waals surface area contributed by atoms with E-state index in [2.05, 4.69) is 33.2 Å². The predicted octanol–water partition coefficient (Wildman–Crippen LogP) is 1.05. The molecule has 1 fully saturated rings. The predicted molar refractivity (Wildman–Crippen MR) is 81.9 cm³/mol. The molecule has 2 N–H and O–H groups in total. The van der Waals surface area contributed by atoms with E-state index in [9.17, 15) is 9.59 Å². The van der Waals surface area contributed by atoms with Crippen LogP contribution in [-0.2, 0) is 9.59 Å². The van der Waals surface area contributed by atoms with Crippen molar-refractivity contribution in [2.45, 2.75) is 6.42 Å². The lowest BCUT2D eigenvalue weighted by atomic mass is 10.3. The number of hydrogen-bond donors (Lipinski definition) is 2. The quantitative estimate of drug-likeness (QED) is 0.572. The first-order chi connectivity index (χ1) is 9.16. The van der Waals surface area contributed by atoms with Gasteiger partial charge in [0.25, 0.3) is 0 Å². The van der Waals surface area contributed by atoms with Gasteiger partial charge in [-0.05, 0) is 59.8 Å². The van der Waals surface area contributed by atoms with Crippen LogP contribution < -0.4 is 10.6 Å². The molecule has 5 nitrogen and oxygen atoms in total. The van der Waals surface area contributed by atoms with E-state index in [-0.39, 0.29) is 0 Å². The van der Waals surface area contributed by atoms with Crippen LogP contribution >= 0.6 is 22.6 Å². The van der Waals surface area contributed by atoms with Gasteiger partial charge in [0.1, 0.15) is 0 Å². The maximum Gasteiger partial charge on any atom is 0.313 e. The van der Waals surface area contributed by atoms with Gasteiger partial charge in [-0.3, -0.25) is 9.59 Å². The van der Waals surface area contributed by atoms with E-state index in [0.717, 1.165) is 23.1 Å². The number of halogens is 1. The molecule has 19 heavy (non-hydrogen) atoms. The van der Waals surface area contributed by atoms with Crippen LogP contribution in [0.25, 0.3) is 0 Å². The van der Waals surface area contributed by atoms with E-state index < -0.39 is 11.8 Å². The van der Waals surface area contributed by atoms with Gasteiger partial charge < -0.3 is 15.5 Å². The Morgan fingerprint density at radius 3 is 2.63 bits per heavy atom. The number of benzene rings is 1. The Bertz CT molecular complexity index is 453. The van der Waals surface area contributed by atoms with Crippen LogP contribution in [0.1, 0.15) is 6.42 Å². The molecule has 1 saturated heterocycles. The molecule has 0 unspecified atom stereocenters. The Hall–Kier alpha value is -1.15. The van der Waals surface area contributed by atoms with Crippen LogP contribution in [0, 0.1) is 3.57 Å². The molecule has 1 aromatic carbocycles. The first-order valence-electron chi connectivity index (χ1n) is 6.23. The second kappa shape index (κ2) is 6.85. The van der Waals surface area contributed by atoms with Crippen LogP contribution in [0.2, 0.25) is 0 Å². The molecule has 0 aromatic heterocycles. The molecule has 0 atom stereocenters. The van der Waals surface area contributed by atoms with Crippen molar-refractivity contribution in [3.8, 4) is 0 Å². The fourth-order valence-corrected chi connectivity index (χ4v) is 2.27. The lowest BCUT2D eigenvalue weighted by Gasteiger charge is -2.19. The van der Waals surface area contributed by atoms with Gasteiger partial charge in [-0.25, -0.2) is 0 Å². The summed E-state index contributed by atoms with van der Waals surface area (Å²) in [6, 6.07) is 7.35. The minimum Gasteiger partial charge on any atom is -0.333 e. The summed E-state index contributed by atoms with van der Waals surface area (Å²) in [6.07, 6.45) is 0.878. The van der Waals surface area contributed by atoms with Crippen LogP contribution in [0.5, 0.6) is 0 Å². The summed E-state index contributed by atoms with van der Waals surface area (Å²) < 4.78 is 1.08. The highest BCUT2D eigenvalue weighted by Gasteiger charge is 2.22. The summed E-state index contributed by atoms with van der Waals surface area (Å²) in [4.78, 5) is 25.5. The van der Waals surface area contributed by atoms with Gasteiger partial charge in [-0.15, -0.1) is 0 Å².